The van der Waals surface area contributed by atoms with Crippen molar-refractivity contribution in [3.05, 3.63) is 88.7 Å². The second-order valence-corrected chi connectivity index (χ2v) is 8.55. The zero-order valence-corrected chi connectivity index (χ0v) is 19.9. The first-order valence-electron chi connectivity index (χ1n) is 10.7. The molecule has 5 nitrogen and oxygen atoms in total. The van der Waals surface area contributed by atoms with Crippen molar-refractivity contribution in [1.29, 1.82) is 5.26 Å². The lowest BCUT2D eigenvalue weighted by molar-refractivity contribution is -0.149. The van der Waals surface area contributed by atoms with E-state index in [1.54, 1.807) is 44.2 Å². The Hall–Kier alpha value is -3.77. The highest BCUT2D eigenvalue weighted by atomic mass is 35.5. The molecule has 3 aromatic carbocycles. The third-order valence-corrected chi connectivity index (χ3v) is 5.37. The van der Waals surface area contributed by atoms with E-state index in [9.17, 15) is 27.6 Å². The Morgan fingerprint density at radius 1 is 1.03 bits per heavy atom. The van der Waals surface area contributed by atoms with Crippen LogP contribution in [0.1, 0.15) is 31.1 Å². The van der Waals surface area contributed by atoms with Gasteiger partial charge in [-0.3, -0.25) is 0 Å². The maximum Gasteiger partial charge on any atom is 0.416 e. The van der Waals surface area contributed by atoms with Crippen LogP contribution in [-0.4, -0.2) is 12.0 Å². The molecule has 0 heterocycles. The van der Waals surface area contributed by atoms with Gasteiger partial charge in [0.25, 0.3) is 0 Å². The Kier molecular flexibility index (Phi) is 8.43. The highest BCUT2D eigenvalue weighted by Crippen LogP contribution is 2.34. The number of nitrogens with zero attached hydrogens (tertiary/aromatic N) is 1. The van der Waals surface area contributed by atoms with Crippen LogP contribution in [0.3, 0.4) is 0 Å². The quantitative estimate of drug-likeness (QED) is 0.245. The molecular weight excluding hydrogens is 500 g/mol. The molecule has 0 saturated carbocycles. The molecule has 2 unspecified atom stereocenters. The maximum absolute atomic E-state index is 14.3. The number of hydrogen-bond donors (Lipinski definition) is 1. The first-order valence-corrected chi connectivity index (χ1v) is 11.1. The Morgan fingerprint density at radius 2 is 1.72 bits per heavy atom. The van der Waals surface area contributed by atoms with E-state index in [2.05, 4.69) is 5.32 Å². The van der Waals surface area contributed by atoms with Crippen LogP contribution in [0.25, 0.3) is 0 Å². The van der Waals surface area contributed by atoms with Gasteiger partial charge in [-0.05, 0) is 48.4 Å². The Bertz CT molecular complexity index is 1260. The van der Waals surface area contributed by atoms with Gasteiger partial charge in [0.1, 0.15) is 29.4 Å². The number of esters is 1. The number of alkyl halides is 3. The fourth-order valence-corrected chi connectivity index (χ4v) is 3.49. The molecule has 3 aromatic rings. The molecule has 0 radical (unpaired) electrons. The predicted octanol–water partition coefficient (Wildman–Crippen LogP) is 7.53. The number of hydrogen-bond acceptors (Lipinski definition) is 5. The molecule has 0 saturated heterocycles. The fraction of sp³-hybridized carbons (Fsp3) is 0.231. The van der Waals surface area contributed by atoms with Crippen molar-refractivity contribution in [2.45, 2.75) is 32.2 Å². The zero-order valence-electron chi connectivity index (χ0n) is 19.1. The highest BCUT2D eigenvalue weighted by Gasteiger charge is 2.32. The Balaban J connectivity index is 1.79. The molecule has 10 heteroatoms. The van der Waals surface area contributed by atoms with Gasteiger partial charge >= 0.3 is 12.1 Å². The number of nitrogens with one attached hydrogen (secondary N) is 1. The number of ether oxygens (including phenoxy) is 2. The summed E-state index contributed by atoms with van der Waals surface area (Å²) < 4.78 is 64.0. The van der Waals surface area contributed by atoms with Crippen LogP contribution in [0.5, 0.6) is 11.5 Å². The average Bonchev–Trinajstić information content (AvgIpc) is 2.81. The molecule has 0 fully saturated rings. The van der Waals surface area contributed by atoms with Crippen molar-refractivity contribution >= 4 is 23.3 Å². The average molecular weight is 521 g/mol. The van der Waals surface area contributed by atoms with Crippen LogP contribution in [0.2, 0.25) is 5.02 Å². The zero-order chi connectivity index (χ0) is 26.5. The first-order chi connectivity index (χ1) is 17.0. The summed E-state index contributed by atoms with van der Waals surface area (Å²) in [4.78, 5) is 12.9. The number of carbonyl (C=O) groups is 1. The number of halogens is 5. The highest BCUT2D eigenvalue weighted by molar-refractivity contribution is 6.33. The molecule has 2 atom stereocenters. The molecule has 0 bridgehead atoms. The van der Waals surface area contributed by atoms with E-state index >= 15 is 0 Å². The SMILES string of the molecule is CC(C)C(Nc1ccc(C(F)(F)F)cc1Cl)C(=O)OC(C#N)c1cc(F)cc(Oc2ccccc2)c1. The summed E-state index contributed by atoms with van der Waals surface area (Å²) in [5, 5.41) is 12.2. The second kappa shape index (κ2) is 11.3. The van der Waals surface area contributed by atoms with Gasteiger partial charge in [-0.25, -0.2) is 9.18 Å². The van der Waals surface area contributed by atoms with E-state index in [1.807, 2.05) is 6.07 Å². The van der Waals surface area contributed by atoms with Crippen molar-refractivity contribution in [2.24, 2.45) is 5.92 Å². The van der Waals surface area contributed by atoms with Gasteiger partial charge in [0.2, 0.25) is 6.10 Å². The number of carbonyl (C=O) groups excluding carboxylic acids is 1. The minimum atomic E-state index is -4.58. The molecule has 1 N–H and O–H groups in total. The van der Waals surface area contributed by atoms with Crippen LogP contribution in [0, 0.1) is 23.1 Å². The molecular formula is C26H21ClF4N2O3. The van der Waals surface area contributed by atoms with Crippen LogP contribution in [0.15, 0.2) is 66.7 Å². The van der Waals surface area contributed by atoms with E-state index in [-0.39, 0.29) is 22.0 Å². The maximum atomic E-state index is 14.3. The Morgan fingerprint density at radius 3 is 2.31 bits per heavy atom. The molecule has 0 aromatic heterocycles. The number of benzene rings is 3. The van der Waals surface area contributed by atoms with Crippen molar-refractivity contribution < 1.29 is 31.8 Å². The number of nitriles is 1. The molecule has 3 rings (SSSR count). The lowest BCUT2D eigenvalue weighted by atomic mass is 10.0. The summed E-state index contributed by atoms with van der Waals surface area (Å²) in [5.41, 5.74) is -0.809. The van der Waals surface area contributed by atoms with Gasteiger partial charge in [-0.2, -0.15) is 18.4 Å². The normalized spacial score (nSPS) is 13.0. The fourth-order valence-electron chi connectivity index (χ4n) is 3.25. The van der Waals surface area contributed by atoms with Gasteiger partial charge < -0.3 is 14.8 Å². The Labute approximate surface area is 210 Å². The van der Waals surface area contributed by atoms with Crippen molar-refractivity contribution in [3.63, 3.8) is 0 Å². The summed E-state index contributed by atoms with van der Waals surface area (Å²) in [7, 11) is 0. The van der Waals surface area contributed by atoms with Crippen LogP contribution >= 0.6 is 11.6 Å². The molecule has 188 valence electrons. The van der Waals surface area contributed by atoms with E-state index in [0.717, 1.165) is 30.3 Å². The number of para-hydroxylation sites is 1. The summed E-state index contributed by atoms with van der Waals surface area (Å²) in [6.45, 7) is 3.35. The van der Waals surface area contributed by atoms with Crippen molar-refractivity contribution in [3.8, 4) is 17.6 Å². The molecule has 0 aliphatic rings. The van der Waals surface area contributed by atoms with Crippen molar-refractivity contribution in [2.75, 3.05) is 5.32 Å². The van der Waals surface area contributed by atoms with Gasteiger partial charge in [-0.15, -0.1) is 0 Å². The second-order valence-electron chi connectivity index (χ2n) is 8.14. The van der Waals surface area contributed by atoms with Crippen LogP contribution < -0.4 is 10.1 Å². The molecule has 0 amide bonds. The van der Waals surface area contributed by atoms with E-state index in [4.69, 9.17) is 21.1 Å². The predicted molar refractivity (Wildman–Crippen MR) is 126 cm³/mol. The van der Waals surface area contributed by atoms with Gasteiger partial charge in [0, 0.05) is 11.6 Å². The number of anilines is 1. The first kappa shape index (κ1) is 26.8. The minimum Gasteiger partial charge on any atom is -0.457 e. The number of rotatable bonds is 8. The molecule has 36 heavy (non-hydrogen) atoms. The van der Waals surface area contributed by atoms with Crippen LogP contribution in [-0.2, 0) is 15.7 Å². The smallest absolute Gasteiger partial charge is 0.416 e. The van der Waals surface area contributed by atoms with Crippen LogP contribution in [0.4, 0.5) is 23.2 Å². The van der Waals surface area contributed by atoms with E-state index in [0.29, 0.717) is 5.75 Å². The van der Waals surface area contributed by atoms with Gasteiger partial charge in [0.15, 0.2) is 0 Å². The van der Waals surface area contributed by atoms with E-state index < -0.39 is 41.6 Å². The van der Waals surface area contributed by atoms with Gasteiger partial charge in [-0.1, -0.05) is 43.6 Å². The summed E-state index contributed by atoms with van der Waals surface area (Å²) in [6.07, 6.45) is -6.05. The van der Waals surface area contributed by atoms with Gasteiger partial charge in [0.05, 0.1) is 16.3 Å². The molecule has 0 spiro atoms. The molecule has 0 aliphatic heterocycles. The lowest BCUT2D eigenvalue weighted by Gasteiger charge is -2.24. The third-order valence-electron chi connectivity index (χ3n) is 5.05. The topological polar surface area (TPSA) is 71.3 Å². The molecule has 0 aliphatic carbocycles. The van der Waals surface area contributed by atoms with Crippen molar-refractivity contribution in [1.82, 2.24) is 0 Å². The summed E-state index contributed by atoms with van der Waals surface area (Å²) in [6, 6.07) is 15.6. The summed E-state index contributed by atoms with van der Waals surface area (Å²) >= 11 is 6.00. The third kappa shape index (κ3) is 6.89. The minimum absolute atomic E-state index is 0.0480. The monoisotopic (exact) mass is 520 g/mol. The summed E-state index contributed by atoms with van der Waals surface area (Å²) in [5.74, 6) is -1.44. The lowest BCUT2D eigenvalue weighted by Crippen LogP contribution is -2.36. The van der Waals surface area contributed by atoms with E-state index in [1.165, 1.54) is 6.07 Å². The largest absolute Gasteiger partial charge is 0.457 e. The standard InChI is InChI=1S/C26H21ClF4N2O3/c1-15(2)24(33-22-9-8-17(12-21(22)27)26(29,30)31)25(34)36-23(14-32)16-10-18(28)13-20(11-16)35-19-6-4-3-5-7-19/h3-13,15,23-24,33H,1-2H3.